The van der Waals surface area contributed by atoms with Crippen LogP contribution >= 0.6 is 0 Å². The van der Waals surface area contributed by atoms with Crippen LogP contribution in [0.15, 0.2) is 0 Å². The highest BCUT2D eigenvalue weighted by Crippen LogP contribution is 2.11. The second-order valence-electron chi connectivity index (χ2n) is 4.41. The predicted molar refractivity (Wildman–Crippen MR) is 54.2 cm³/mol. The number of carbonyl (C=O) groups excluding carboxylic acids is 1. The molecule has 0 fully saturated rings. The molecule has 15 heavy (non-hydrogen) atoms. The lowest BCUT2D eigenvalue weighted by molar-refractivity contribution is -0.171. The van der Waals surface area contributed by atoms with E-state index in [4.69, 9.17) is 9.84 Å². The third-order valence-corrected chi connectivity index (χ3v) is 1.67. The second-order valence-corrected chi connectivity index (χ2v) is 4.41. The molecule has 0 heterocycles. The fourth-order valence-electron chi connectivity index (χ4n) is 0.978. The highest BCUT2D eigenvalue weighted by molar-refractivity contribution is 5.75. The van der Waals surface area contributed by atoms with E-state index < -0.39 is 23.8 Å². The van der Waals surface area contributed by atoms with E-state index in [-0.39, 0.29) is 13.0 Å². The standard InChI is InChI=1S/C10H20O5/c1-10(2,3)15-9(14)8(13)7(12)5-4-6-11/h7-8,11-13H,4-6H2,1-3H3. The third kappa shape index (κ3) is 6.43. The maximum Gasteiger partial charge on any atom is 0.338 e. The topological polar surface area (TPSA) is 87.0 Å². The Morgan fingerprint density at radius 3 is 2.27 bits per heavy atom. The number of hydrogen-bond donors (Lipinski definition) is 3. The summed E-state index contributed by atoms with van der Waals surface area (Å²) in [5.74, 6) is -0.840. The van der Waals surface area contributed by atoms with E-state index in [1.807, 2.05) is 0 Å². The monoisotopic (exact) mass is 220 g/mol. The van der Waals surface area contributed by atoms with Crippen molar-refractivity contribution in [3.8, 4) is 0 Å². The molecule has 5 heteroatoms. The summed E-state index contributed by atoms with van der Waals surface area (Å²) in [7, 11) is 0. The molecule has 0 aliphatic heterocycles. The zero-order chi connectivity index (χ0) is 12.1. The van der Waals surface area contributed by atoms with Crippen LogP contribution in [-0.4, -0.2) is 45.7 Å². The van der Waals surface area contributed by atoms with Gasteiger partial charge in [0.2, 0.25) is 0 Å². The van der Waals surface area contributed by atoms with Crippen LogP contribution in [0.5, 0.6) is 0 Å². The molecule has 0 aromatic carbocycles. The van der Waals surface area contributed by atoms with Crippen molar-refractivity contribution < 1.29 is 24.9 Å². The second kappa shape index (κ2) is 6.05. The minimum absolute atomic E-state index is 0.0852. The number of carbonyl (C=O) groups is 1. The van der Waals surface area contributed by atoms with Crippen molar-refractivity contribution >= 4 is 5.97 Å². The molecule has 2 unspecified atom stereocenters. The number of aliphatic hydroxyl groups excluding tert-OH is 3. The Bertz CT molecular complexity index is 196. The smallest absolute Gasteiger partial charge is 0.338 e. The van der Waals surface area contributed by atoms with E-state index in [0.717, 1.165) is 0 Å². The van der Waals surface area contributed by atoms with Crippen LogP contribution in [0.4, 0.5) is 0 Å². The lowest BCUT2D eigenvalue weighted by atomic mass is 10.1. The molecule has 0 aromatic heterocycles. The minimum atomic E-state index is -1.55. The molecule has 0 bridgehead atoms. The van der Waals surface area contributed by atoms with Gasteiger partial charge in [-0.05, 0) is 33.6 Å². The summed E-state index contributed by atoms with van der Waals surface area (Å²) in [4.78, 5) is 11.3. The SMILES string of the molecule is CC(C)(C)OC(=O)C(O)C(O)CCCO. The molecule has 0 radical (unpaired) electrons. The number of hydrogen-bond acceptors (Lipinski definition) is 5. The molecule has 0 amide bonds. The summed E-state index contributed by atoms with van der Waals surface area (Å²) < 4.78 is 4.89. The molecule has 3 N–H and O–H groups in total. The van der Waals surface area contributed by atoms with E-state index in [0.29, 0.717) is 6.42 Å². The first kappa shape index (κ1) is 14.3. The van der Waals surface area contributed by atoms with Crippen molar-refractivity contribution in [3.63, 3.8) is 0 Å². The van der Waals surface area contributed by atoms with Crippen LogP contribution < -0.4 is 0 Å². The van der Waals surface area contributed by atoms with Gasteiger partial charge in [0, 0.05) is 6.61 Å². The Labute approximate surface area is 89.7 Å². The number of aliphatic hydroxyl groups is 3. The maximum absolute atomic E-state index is 11.3. The Balaban J connectivity index is 4.08. The average molecular weight is 220 g/mol. The fraction of sp³-hybridized carbons (Fsp3) is 0.900. The van der Waals surface area contributed by atoms with Crippen LogP contribution in [0, 0.1) is 0 Å². The molecular weight excluding hydrogens is 200 g/mol. The average Bonchev–Trinajstić information content (AvgIpc) is 2.10. The Kier molecular flexibility index (Phi) is 5.79. The molecule has 0 saturated carbocycles. The summed E-state index contributed by atoms with van der Waals surface area (Å²) in [6.07, 6.45) is -2.24. The molecule has 0 rings (SSSR count). The van der Waals surface area contributed by atoms with Crippen LogP contribution in [0.25, 0.3) is 0 Å². The van der Waals surface area contributed by atoms with Crippen molar-refractivity contribution in [2.45, 2.75) is 51.4 Å². The van der Waals surface area contributed by atoms with Gasteiger partial charge in [-0.1, -0.05) is 0 Å². The zero-order valence-corrected chi connectivity index (χ0v) is 9.43. The largest absolute Gasteiger partial charge is 0.458 e. The summed E-state index contributed by atoms with van der Waals surface area (Å²) in [5, 5.41) is 27.2. The van der Waals surface area contributed by atoms with E-state index >= 15 is 0 Å². The van der Waals surface area contributed by atoms with Gasteiger partial charge in [-0.25, -0.2) is 4.79 Å². The van der Waals surface area contributed by atoms with E-state index in [2.05, 4.69) is 0 Å². The van der Waals surface area contributed by atoms with E-state index in [9.17, 15) is 15.0 Å². The molecule has 0 aromatic rings. The quantitative estimate of drug-likeness (QED) is 0.560. The maximum atomic E-state index is 11.3. The van der Waals surface area contributed by atoms with Crippen LogP contribution in [-0.2, 0) is 9.53 Å². The van der Waals surface area contributed by atoms with Gasteiger partial charge in [0.25, 0.3) is 0 Å². The van der Waals surface area contributed by atoms with Crippen molar-refractivity contribution in [3.05, 3.63) is 0 Å². The molecule has 0 aliphatic carbocycles. The van der Waals surface area contributed by atoms with E-state index in [1.165, 1.54) is 0 Å². The number of rotatable bonds is 5. The summed E-state index contributed by atoms with van der Waals surface area (Å²) in [6, 6.07) is 0. The van der Waals surface area contributed by atoms with Gasteiger partial charge in [-0.15, -0.1) is 0 Å². The molecule has 2 atom stereocenters. The van der Waals surface area contributed by atoms with Gasteiger partial charge in [0.15, 0.2) is 6.10 Å². The van der Waals surface area contributed by atoms with Gasteiger partial charge in [0.1, 0.15) is 5.60 Å². The number of esters is 1. The highest BCUT2D eigenvalue weighted by Gasteiger charge is 2.28. The first-order valence-corrected chi connectivity index (χ1v) is 4.98. The van der Waals surface area contributed by atoms with Gasteiger partial charge in [-0.3, -0.25) is 0 Å². The fourth-order valence-corrected chi connectivity index (χ4v) is 0.978. The summed E-state index contributed by atoms with van der Waals surface area (Å²) in [5.41, 5.74) is -0.686. The molecule has 0 spiro atoms. The Hall–Kier alpha value is -0.650. The predicted octanol–water partition coefficient (Wildman–Crippen LogP) is -0.178. The molecule has 90 valence electrons. The summed E-state index contributed by atoms with van der Waals surface area (Å²) in [6.45, 7) is 4.95. The normalized spacial score (nSPS) is 15.9. The summed E-state index contributed by atoms with van der Waals surface area (Å²) >= 11 is 0. The molecule has 0 aliphatic rings. The van der Waals surface area contributed by atoms with Crippen molar-refractivity contribution in [1.82, 2.24) is 0 Å². The first-order chi connectivity index (χ1) is 6.78. The van der Waals surface area contributed by atoms with Gasteiger partial charge < -0.3 is 20.1 Å². The highest BCUT2D eigenvalue weighted by atomic mass is 16.6. The van der Waals surface area contributed by atoms with Crippen molar-refractivity contribution in [2.75, 3.05) is 6.61 Å². The Morgan fingerprint density at radius 2 is 1.87 bits per heavy atom. The molecular formula is C10H20O5. The molecule has 0 saturated heterocycles. The van der Waals surface area contributed by atoms with Gasteiger partial charge in [-0.2, -0.15) is 0 Å². The van der Waals surface area contributed by atoms with E-state index in [1.54, 1.807) is 20.8 Å². The van der Waals surface area contributed by atoms with Gasteiger partial charge >= 0.3 is 5.97 Å². The third-order valence-electron chi connectivity index (χ3n) is 1.67. The number of ether oxygens (including phenoxy) is 1. The van der Waals surface area contributed by atoms with Crippen LogP contribution in [0.1, 0.15) is 33.6 Å². The minimum Gasteiger partial charge on any atom is -0.458 e. The first-order valence-electron chi connectivity index (χ1n) is 4.98. The van der Waals surface area contributed by atoms with Crippen LogP contribution in [0.3, 0.4) is 0 Å². The van der Waals surface area contributed by atoms with Crippen molar-refractivity contribution in [2.24, 2.45) is 0 Å². The zero-order valence-electron chi connectivity index (χ0n) is 9.43. The lowest BCUT2D eigenvalue weighted by Gasteiger charge is -2.23. The van der Waals surface area contributed by atoms with Crippen molar-refractivity contribution in [1.29, 1.82) is 0 Å². The molecule has 5 nitrogen and oxygen atoms in total. The van der Waals surface area contributed by atoms with Gasteiger partial charge in [0.05, 0.1) is 6.10 Å². The van der Waals surface area contributed by atoms with Crippen LogP contribution in [0.2, 0.25) is 0 Å². The Morgan fingerprint density at radius 1 is 1.33 bits per heavy atom. The lowest BCUT2D eigenvalue weighted by Crippen LogP contribution is -2.39.